The van der Waals surface area contributed by atoms with Crippen molar-refractivity contribution in [3.8, 4) is 5.82 Å². The number of aromatic nitrogens is 5. The van der Waals surface area contributed by atoms with Crippen molar-refractivity contribution in [1.82, 2.24) is 24.7 Å². The molecule has 6 heteroatoms. The maximum atomic E-state index is 10.6. The molecule has 0 aliphatic carbocycles. The molecule has 0 atom stereocenters. The largest absolute Gasteiger partial charge is 0.361 e. The van der Waals surface area contributed by atoms with Gasteiger partial charge in [-0.25, -0.2) is 19.6 Å². The van der Waals surface area contributed by atoms with Gasteiger partial charge in [0.1, 0.15) is 6.33 Å². The van der Waals surface area contributed by atoms with Crippen molar-refractivity contribution < 1.29 is 0 Å². The fourth-order valence-electron chi connectivity index (χ4n) is 0.803. The van der Waals surface area contributed by atoms with Crippen LogP contribution in [-0.4, -0.2) is 24.7 Å². The molecule has 0 saturated heterocycles. The molecule has 2 aromatic rings. The first-order chi connectivity index (χ1) is 5.86. The van der Waals surface area contributed by atoms with Crippen molar-refractivity contribution in [1.29, 1.82) is 0 Å². The number of nitrogens with one attached hydrogen (secondary N) is 1. The number of nitrogens with zero attached hydrogens (tertiary/aromatic N) is 4. The van der Waals surface area contributed by atoms with E-state index >= 15 is 0 Å². The fraction of sp³-hybridized carbons (Fsp3) is 0. The van der Waals surface area contributed by atoms with Crippen molar-refractivity contribution in [3.05, 3.63) is 35.4 Å². The number of hydrogen-bond donors (Lipinski definition) is 1. The van der Waals surface area contributed by atoms with Crippen LogP contribution >= 0.6 is 0 Å². The molecule has 0 amide bonds. The highest BCUT2D eigenvalue weighted by molar-refractivity contribution is 5.12. The molecule has 60 valence electrons. The molecular weight excluding hydrogens is 158 g/mol. The van der Waals surface area contributed by atoms with Gasteiger partial charge in [-0.2, -0.15) is 4.98 Å². The molecule has 0 aromatic carbocycles. The number of hydrogen-bond acceptors (Lipinski definition) is 4. The Morgan fingerprint density at radius 2 is 2.25 bits per heavy atom. The second kappa shape index (κ2) is 2.57. The molecule has 0 unspecified atom stereocenters. The second-order valence-electron chi connectivity index (χ2n) is 2.10. The van der Waals surface area contributed by atoms with Crippen LogP contribution in [-0.2, 0) is 0 Å². The van der Waals surface area contributed by atoms with E-state index in [9.17, 15) is 4.79 Å². The number of H-pyrrole nitrogens is 1. The maximum Gasteiger partial charge on any atom is 0.361 e. The topological polar surface area (TPSA) is 76.5 Å². The van der Waals surface area contributed by atoms with Crippen LogP contribution < -0.4 is 5.69 Å². The average molecular weight is 163 g/mol. The lowest BCUT2D eigenvalue weighted by Crippen LogP contribution is -2.06. The van der Waals surface area contributed by atoms with E-state index in [2.05, 4.69) is 20.1 Å². The van der Waals surface area contributed by atoms with E-state index in [0.717, 1.165) is 0 Å². The zero-order chi connectivity index (χ0) is 8.39. The van der Waals surface area contributed by atoms with Crippen LogP contribution in [0.3, 0.4) is 0 Å². The Bertz CT molecular complexity index is 417. The van der Waals surface area contributed by atoms with Crippen molar-refractivity contribution in [3.63, 3.8) is 0 Å². The van der Waals surface area contributed by atoms with E-state index in [1.54, 1.807) is 6.20 Å². The summed E-state index contributed by atoms with van der Waals surface area (Å²) in [6.45, 7) is 0. The Balaban J connectivity index is 2.51. The minimum absolute atomic E-state index is 0.402. The molecule has 12 heavy (non-hydrogen) atoms. The third-order valence-corrected chi connectivity index (χ3v) is 1.30. The highest BCUT2D eigenvalue weighted by atomic mass is 16.1. The zero-order valence-corrected chi connectivity index (χ0v) is 6.01. The molecule has 1 N–H and O–H groups in total. The van der Waals surface area contributed by atoms with Crippen LogP contribution in [0.4, 0.5) is 0 Å². The molecule has 0 aliphatic heterocycles. The first kappa shape index (κ1) is 6.71. The summed E-state index contributed by atoms with van der Waals surface area (Å²) in [4.78, 5) is 21.9. The standard InChI is InChI=1S/C6H5N5O/c12-6-9-4-11(10-6)5-3-7-1-2-8-5/h1-4H,(H,10,12). The smallest absolute Gasteiger partial charge is 0.259 e. The van der Waals surface area contributed by atoms with Crippen LogP contribution in [0.5, 0.6) is 0 Å². The highest BCUT2D eigenvalue weighted by Crippen LogP contribution is 1.93. The third kappa shape index (κ3) is 1.09. The van der Waals surface area contributed by atoms with Gasteiger partial charge in [-0.05, 0) is 0 Å². The molecule has 0 fully saturated rings. The summed E-state index contributed by atoms with van der Waals surface area (Å²) in [5, 5.41) is 2.44. The summed E-state index contributed by atoms with van der Waals surface area (Å²) in [5.41, 5.74) is -0.402. The van der Waals surface area contributed by atoms with Crippen molar-refractivity contribution in [2.45, 2.75) is 0 Å². The molecule has 2 aromatic heterocycles. The summed E-state index contributed by atoms with van der Waals surface area (Å²) < 4.78 is 1.40. The molecule has 6 nitrogen and oxygen atoms in total. The first-order valence-electron chi connectivity index (χ1n) is 3.26. The summed E-state index contributed by atoms with van der Waals surface area (Å²) >= 11 is 0. The van der Waals surface area contributed by atoms with Crippen molar-refractivity contribution in [2.24, 2.45) is 0 Å². The predicted molar refractivity (Wildman–Crippen MR) is 39.8 cm³/mol. The summed E-state index contributed by atoms with van der Waals surface area (Å²) in [6, 6.07) is 0. The molecule has 2 heterocycles. The lowest BCUT2D eigenvalue weighted by atomic mass is 10.7. The highest BCUT2D eigenvalue weighted by Gasteiger charge is 1.96. The quantitative estimate of drug-likeness (QED) is 0.606. The second-order valence-corrected chi connectivity index (χ2v) is 2.10. The van der Waals surface area contributed by atoms with Gasteiger partial charge in [-0.15, -0.1) is 0 Å². The summed E-state index contributed by atoms with van der Waals surface area (Å²) in [5.74, 6) is 0.534. The van der Waals surface area contributed by atoms with Crippen LogP contribution in [0.1, 0.15) is 0 Å². The Labute approximate surface area is 66.9 Å². The van der Waals surface area contributed by atoms with E-state index in [1.807, 2.05) is 0 Å². The molecule has 2 rings (SSSR count). The number of rotatable bonds is 1. The van der Waals surface area contributed by atoms with E-state index < -0.39 is 5.69 Å². The van der Waals surface area contributed by atoms with Gasteiger partial charge in [0, 0.05) is 12.4 Å². The predicted octanol–water partition coefficient (Wildman–Crippen LogP) is -0.649. The summed E-state index contributed by atoms with van der Waals surface area (Å²) in [7, 11) is 0. The number of aromatic amines is 1. The van der Waals surface area contributed by atoms with Gasteiger partial charge in [-0.1, -0.05) is 0 Å². The molecule has 0 aliphatic rings. The van der Waals surface area contributed by atoms with E-state index in [0.29, 0.717) is 5.82 Å². The first-order valence-corrected chi connectivity index (χ1v) is 3.26. The van der Waals surface area contributed by atoms with Crippen LogP contribution in [0, 0.1) is 0 Å². The van der Waals surface area contributed by atoms with Crippen LogP contribution in [0.2, 0.25) is 0 Å². The lowest BCUT2D eigenvalue weighted by Gasteiger charge is -1.95. The summed E-state index contributed by atoms with van der Waals surface area (Å²) in [6.07, 6.45) is 5.97. The van der Waals surface area contributed by atoms with E-state index in [4.69, 9.17) is 0 Å². The van der Waals surface area contributed by atoms with Gasteiger partial charge in [0.25, 0.3) is 0 Å². The van der Waals surface area contributed by atoms with Crippen molar-refractivity contribution in [2.75, 3.05) is 0 Å². The lowest BCUT2D eigenvalue weighted by molar-refractivity contribution is 0.825. The molecule has 0 bridgehead atoms. The van der Waals surface area contributed by atoms with E-state index in [1.165, 1.54) is 23.4 Å². The van der Waals surface area contributed by atoms with Gasteiger partial charge in [-0.3, -0.25) is 4.98 Å². The van der Waals surface area contributed by atoms with Gasteiger partial charge in [0.05, 0.1) is 6.20 Å². The molecule has 0 saturated carbocycles. The molecule has 0 radical (unpaired) electrons. The Morgan fingerprint density at radius 3 is 2.83 bits per heavy atom. The zero-order valence-electron chi connectivity index (χ0n) is 6.01. The SMILES string of the molecule is O=c1ncn(-c2cnccn2)[nH]1. The van der Waals surface area contributed by atoms with Gasteiger partial charge < -0.3 is 0 Å². The minimum Gasteiger partial charge on any atom is -0.259 e. The van der Waals surface area contributed by atoms with Gasteiger partial charge in [0.2, 0.25) is 0 Å². The van der Waals surface area contributed by atoms with E-state index in [-0.39, 0.29) is 0 Å². The van der Waals surface area contributed by atoms with Crippen LogP contribution in [0.25, 0.3) is 5.82 Å². The fourth-order valence-corrected chi connectivity index (χ4v) is 0.803. The van der Waals surface area contributed by atoms with Crippen molar-refractivity contribution >= 4 is 0 Å². The molecular formula is C6H5N5O. The normalized spacial score (nSPS) is 10.0. The Kier molecular flexibility index (Phi) is 1.44. The van der Waals surface area contributed by atoms with Crippen LogP contribution in [0.15, 0.2) is 29.7 Å². The monoisotopic (exact) mass is 163 g/mol. The maximum absolute atomic E-state index is 10.6. The minimum atomic E-state index is -0.402. The Morgan fingerprint density at radius 1 is 1.33 bits per heavy atom. The third-order valence-electron chi connectivity index (χ3n) is 1.30. The average Bonchev–Trinajstić information content (AvgIpc) is 2.54. The molecule has 0 spiro atoms. The van der Waals surface area contributed by atoms with Gasteiger partial charge in [0.15, 0.2) is 5.82 Å². The Hall–Kier alpha value is -1.98. The van der Waals surface area contributed by atoms with Gasteiger partial charge >= 0.3 is 5.69 Å².